The third kappa shape index (κ3) is 0.860. The number of benzene rings is 1. The van der Waals surface area contributed by atoms with Crippen molar-refractivity contribution in [3.05, 3.63) is 29.8 Å². The molecule has 1 N–H and O–H groups in total. The first-order valence-electron chi connectivity index (χ1n) is 3.89. The molecule has 13 heavy (non-hydrogen) atoms. The molecular weight excluding hydrogens is 184 g/mol. The van der Waals surface area contributed by atoms with Gasteiger partial charge in [-0.1, -0.05) is 0 Å². The number of hydrogen-bond donors (Lipinski definition) is 1. The maximum Gasteiger partial charge on any atom is 0.194 e. The van der Waals surface area contributed by atoms with Crippen molar-refractivity contribution < 1.29 is 5.11 Å². The number of phenols is 1. The summed E-state index contributed by atoms with van der Waals surface area (Å²) < 4.78 is 1.97. The minimum Gasteiger partial charge on any atom is -0.508 e. The highest BCUT2D eigenvalue weighted by Crippen LogP contribution is 2.23. The molecule has 64 valence electrons. The number of phenolic OH excluding ortho intramolecular Hbond substituents is 1. The topological polar surface area (TPSA) is 37.5 Å². The van der Waals surface area contributed by atoms with Crippen LogP contribution in [0.3, 0.4) is 0 Å². The van der Waals surface area contributed by atoms with E-state index in [1.165, 1.54) is 0 Å². The molecule has 4 heteroatoms. The van der Waals surface area contributed by atoms with E-state index in [9.17, 15) is 5.11 Å². The molecule has 0 fully saturated rings. The van der Waals surface area contributed by atoms with E-state index in [1.54, 1.807) is 23.5 Å². The second-order valence-corrected chi connectivity index (χ2v) is 3.71. The van der Waals surface area contributed by atoms with Crippen molar-refractivity contribution in [3.63, 3.8) is 0 Å². The average molecular weight is 190 g/mol. The third-order valence-corrected chi connectivity index (χ3v) is 2.78. The lowest BCUT2D eigenvalue weighted by Crippen LogP contribution is -1.74. The van der Waals surface area contributed by atoms with E-state index in [-0.39, 0.29) is 5.75 Å². The first-order valence-corrected chi connectivity index (χ1v) is 4.77. The Bertz CT molecular complexity index is 581. The monoisotopic (exact) mass is 190 g/mol. The number of aromatic nitrogens is 2. The second-order valence-electron chi connectivity index (χ2n) is 2.84. The van der Waals surface area contributed by atoms with Gasteiger partial charge in [-0.3, -0.25) is 4.40 Å². The van der Waals surface area contributed by atoms with Gasteiger partial charge in [-0.25, -0.2) is 4.98 Å². The summed E-state index contributed by atoms with van der Waals surface area (Å²) in [6, 6.07) is 5.20. The number of fused-ring (bicyclic) bond motifs is 3. The van der Waals surface area contributed by atoms with E-state index in [1.807, 2.05) is 22.0 Å². The van der Waals surface area contributed by atoms with Gasteiger partial charge in [-0.05, 0) is 12.1 Å². The van der Waals surface area contributed by atoms with Gasteiger partial charge < -0.3 is 5.11 Å². The van der Waals surface area contributed by atoms with Crippen molar-refractivity contribution in [1.29, 1.82) is 0 Å². The standard InChI is InChI=1S/C9H6N2OS/c12-6-1-2-7-8(5-6)11-3-4-13-9(11)10-7/h1-5,12H. The maximum atomic E-state index is 9.31. The number of imidazole rings is 1. The van der Waals surface area contributed by atoms with Crippen LogP contribution in [0.5, 0.6) is 5.75 Å². The Balaban J connectivity index is 2.61. The van der Waals surface area contributed by atoms with Crippen LogP contribution < -0.4 is 0 Å². The van der Waals surface area contributed by atoms with Gasteiger partial charge in [0.2, 0.25) is 0 Å². The first-order chi connectivity index (χ1) is 6.34. The zero-order valence-electron chi connectivity index (χ0n) is 6.64. The summed E-state index contributed by atoms with van der Waals surface area (Å²) in [6.07, 6.45) is 1.95. The number of rotatable bonds is 0. The van der Waals surface area contributed by atoms with E-state index in [0.29, 0.717) is 0 Å². The minimum atomic E-state index is 0.278. The molecule has 0 radical (unpaired) electrons. The molecule has 0 aliphatic heterocycles. The van der Waals surface area contributed by atoms with Crippen molar-refractivity contribution in [2.24, 2.45) is 0 Å². The third-order valence-electron chi connectivity index (χ3n) is 2.02. The molecule has 3 aromatic rings. The minimum absolute atomic E-state index is 0.278. The van der Waals surface area contributed by atoms with Crippen LogP contribution in [0.2, 0.25) is 0 Å². The van der Waals surface area contributed by atoms with Crippen LogP contribution in [-0.2, 0) is 0 Å². The molecule has 0 bridgehead atoms. The molecule has 2 aromatic heterocycles. The van der Waals surface area contributed by atoms with Crippen LogP contribution in [0, 0.1) is 0 Å². The van der Waals surface area contributed by atoms with Crippen LogP contribution in [0.15, 0.2) is 29.8 Å². The predicted octanol–water partition coefficient (Wildman–Crippen LogP) is 2.25. The largest absolute Gasteiger partial charge is 0.508 e. The van der Waals surface area contributed by atoms with Gasteiger partial charge in [0.05, 0.1) is 11.0 Å². The summed E-state index contributed by atoms with van der Waals surface area (Å²) in [5.41, 5.74) is 1.88. The Labute approximate surface area is 77.9 Å². The normalized spacial score (nSPS) is 11.4. The zero-order chi connectivity index (χ0) is 8.84. The van der Waals surface area contributed by atoms with Gasteiger partial charge in [-0.15, -0.1) is 11.3 Å². The Morgan fingerprint density at radius 1 is 1.38 bits per heavy atom. The summed E-state index contributed by atoms with van der Waals surface area (Å²) in [7, 11) is 0. The summed E-state index contributed by atoms with van der Waals surface area (Å²) in [5.74, 6) is 0.278. The van der Waals surface area contributed by atoms with Crippen molar-refractivity contribution in [1.82, 2.24) is 9.38 Å². The lowest BCUT2D eigenvalue weighted by Gasteiger charge is -1.91. The summed E-state index contributed by atoms with van der Waals surface area (Å²) in [4.78, 5) is 5.35. The van der Waals surface area contributed by atoms with Crippen LogP contribution in [0.1, 0.15) is 0 Å². The fourth-order valence-corrected chi connectivity index (χ4v) is 2.17. The average Bonchev–Trinajstić information content (AvgIpc) is 2.64. The fraction of sp³-hybridized carbons (Fsp3) is 0. The SMILES string of the molecule is Oc1ccc2nc3sccn3c2c1. The van der Waals surface area contributed by atoms with E-state index in [2.05, 4.69) is 4.98 Å². The van der Waals surface area contributed by atoms with Gasteiger partial charge in [0.25, 0.3) is 0 Å². The molecule has 0 saturated carbocycles. The van der Waals surface area contributed by atoms with Crippen molar-refractivity contribution in [2.45, 2.75) is 0 Å². The summed E-state index contributed by atoms with van der Waals surface area (Å²) >= 11 is 1.59. The molecule has 1 aromatic carbocycles. The molecule has 3 nitrogen and oxygen atoms in total. The van der Waals surface area contributed by atoms with Crippen LogP contribution in [-0.4, -0.2) is 14.5 Å². The Kier molecular flexibility index (Phi) is 1.19. The van der Waals surface area contributed by atoms with Crippen molar-refractivity contribution >= 4 is 27.3 Å². The van der Waals surface area contributed by atoms with Gasteiger partial charge in [0.1, 0.15) is 5.75 Å². The van der Waals surface area contributed by atoms with Gasteiger partial charge >= 0.3 is 0 Å². The zero-order valence-corrected chi connectivity index (χ0v) is 7.45. The number of hydrogen-bond acceptors (Lipinski definition) is 3. The molecule has 0 aliphatic rings. The molecule has 0 amide bonds. The van der Waals surface area contributed by atoms with E-state index in [4.69, 9.17) is 0 Å². The smallest absolute Gasteiger partial charge is 0.194 e. The Hall–Kier alpha value is -1.55. The van der Waals surface area contributed by atoms with Crippen LogP contribution >= 0.6 is 11.3 Å². The highest BCUT2D eigenvalue weighted by molar-refractivity contribution is 7.15. The summed E-state index contributed by atoms with van der Waals surface area (Å²) in [6.45, 7) is 0. The Morgan fingerprint density at radius 2 is 2.31 bits per heavy atom. The lowest BCUT2D eigenvalue weighted by atomic mass is 10.3. The highest BCUT2D eigenvalue weighted by Gasteiger charge is 2.04. The number of nitrogens with zero attached hydrogens (tertiary/aromatic N) is 2. The number of thiazole rings is 1. The first kappa shape index (κ1) is 6.91. The molecule has 0 spiro atoms. The maximum absolute atomic E-state index is 9.31. The van der Waals surface area contributed by atoms with Crippen molar-refractivity contribution in [3.8, 4) is 5.75 Å². The summed E-state index contributed by atoms with van der Waals surface area (Å²) in [5, 5.41) is 11.3. The van der Waals surface area contributed by atoms with E-state index < -0.39 is 0 Å². The van der Waals surface area contributed by atoms with E-state index in [0.717, 1.165) is 16.0 Å². The van der Waals surface area contributed by atoms with Crippen molar-refractivity contribution in [2.75, 3.05) is 0 Å². The van der Waals surface area contributed by atoms with Gasteiger partial charge in [-0.2, -0.15) is 0 Å². The molecule has 0 saturated heterocycles. The highest BCUT2D eigenvalue weighted by atomic mass is 32.1. The van der Waals surface area contributed by atoms with Crippen LogP contribution in [0.25, 0.3) is 16.0 Å². The molecule has 0 aliphatic carbocycles. The van der Waals surface area contributed by atoms with Gasteiger partial charge in [0, 0.05) is 17.6 Å². The second kappa shape index (κ2) is 2.23. The predicted molar refractivity (Wildman–Crippen MR) is 52.2 cm³/mol. The number of aromatic hydroxyl groups is 1. The molecule has 2 heterocycles. The van der Waals surface area contributed by atoms with Gasteiger partial charge in [0.15, 0.2) is 4.96 Å². The Morgan fingerprint density at radius 3 is 3.23 bits per heavy atom. The molecule has 3 rings (SSSR count). The molecule has 0 unspecified atom stereocenters. The quantitative estimate of drug-likeness (QED) is 0.590. The molecular formula is C9H6N2OS. The molecule has 0 atom stereocenters. The lowest BCUT2D eigenvalue weighted by molar-refractivity contribution is 0.476. The van der Waals surface area contributed by atoms with E-state index >= 15 is 0 Å². The van der Waals surface area contributed by atoms with Crippen LogP contribution in [0.4, 0.5) is 0 Å². The fourth-order valence-electron chi connectivity index (χ4n) is 1.44.